The van der Waals surface area contributed by atoms with Gasteiger partial charge in [0.1, 0.15) is 0 Å². The third-order valence-corrected chi connectivity index (χ3v) is 3.40. The Labute approximate surface area is 112 Å². The highest BCUT2D eigenvalue weighted by atomic mass is 35.5. The number of benzene rings is 1. The Morgan fingerprint density at radius 1 is 1.33 bits per heavy atom. The van der Waals surface area contributed by atoms with Crippen LogP contribution in [0.15, 0.2) is 30.3 Å². The van der Waals surface area contributed by atoms with E-state index < -0.39 is 0 Å². The van der Waals surface area contributed by atoms with Crippen LogP contribution in [0.4, 0.5) is 0 Å². The summed E-state index contributed by atoms with van der Waals surface area (Å²) in [5.41, 5.74) is 1.83. The van der Waals surface area contributed by atoms with Crippen LogP contribution in [0.1, 0.15) is 12.5 Å². The quantitative estimate of drug-likeness (QED) is 0.831. The molecule has 0 saturated carbocycles. The van der Waals surface area contributed by atoms with Crippen LogP contribution >= 0.6 is 11.6 Å². The van der Waals surface area contributed by atoms with Crippen molar-refractivity contribution in [3.05, 3.63) is 40.9 Å². The average molecular weight is 265 g/mol. The minimum atomic E-state index is 0.0638. The van der Waals surface area contributed by atoms with Gasteiger partial charge in [-0.2, -0.15) is 0 Å². The molecule has 1 aromatic carbocycles. The maximum Gasteiger partial charge on any atom is 0.246 e. The third kappa shape index (κ3) is 3.12. The highest BCUT2D eigenvalue weighted by Gasteiger charge is 2.14. The summed E-state index contributed by atoms with van der Waals surface area (Å²) >= 11 is 6.11. The van der Waals surface area contributed by atoms with Gasteiger partial charge in [0.15, 0.2) is 0 Å². The zero-order valence-corrected chi connectivity index (χ0v) is 11.2. The van der Waals surface area contributed by atoms with Gasteiger partial charge >= 0.3 is 0 Å². The van der Waals surface area contributed by atoms with Gasteiger partial charge in [0.25, 0.3) is 0 Å². The Morgan fingerprint density at radius 2 is 2.00 bits per heavy atom. The van der Waals surface area contributed by atoms with Crippen molar-refractivity contribution in [2.24, 2.45) is 0 Å². The molecule has 1 heterocycles. The van der Waals surface area contributed by atoms with E-state index in [1.54, 1.807) is 6.08 Å². The summed E-state index contributed by atoms with van der Waals surface area (Å²) in [7, 11) is 0. The molecule has 1 saturated heterocycles. The second-order valence-corrected chi connectivity index (χ2v) is 4.79. The number of nitrogens with one attached hydrogen (secondary N) is 1. The molecule has 1 aromatic rings. The summed E-state index contributed by atoms with van der Waals surface area (Å²) in [6.45, 7) is 5.19. The zero-order chi connectivity index (χ0) is 13.0. The Bertz CT molecular complexity index is 465. The molecule has 1 aliphatic rings. The molecule has 1 aliphatic heterocycles. The van der Waals surface area contributed by atoms with Gasteiger partial charge in [-0.05, 0) is 24.1 Å². The zero-order valence-electron chi connectivity index (χ0n) is 10.4. The lowest BCUT2D eigenvalue weighted by molar-refractivity contribution is -0.126. The lowest BCUT2D eigenvalue weighted by Gasteiger charge is -2.26. The van der Waals surface area contributed by atoms with Gasteiger partial charge in [-0.1, -0.05) is 29.8 Å². The van der Waals surface area contributed by atoms with Gasteiger partial charge in [0, 0.05) is 37.3 Å². The average Bonchev–Trinajstić information content (AvgIpc) is 2.40. The van der Waals surface area contributed by atoms with Crippen LogP contribution in [0, 0.1) is 0 Å². The molecule has 18 heavy (non-hydrogen) atoms. The number of piperazine rings is 1. The molecule has 0 unspecified atom stereocenters. The van der Waals surface area contributed by atoms with Gasteiger partial charge in [0.05, 0.1) is 0 Å². The summed E-state index contributed by atoms with van der Waals surface area (Å²) in [5.74, 6) is 0.0638. The first kappa shape index (κ1) is 13.1. The summed E-state index contributed by atoms with van der Waals surface area (Å²) in [5, 5.41) is 3.91. The van der Waals surface area contributed by atoms with Gasteiger partial charge in [0.2, 0.25) is 5.91 Å². The van der Waals surface area contributed by atoms with Gasteiger partial charge in [-0.3, -0.25) is 4.79 Å². The standard InChI is InChI=1S/C14H17ClN2O/c1-11(12-4-2-3-5-13(12)15)10-14(18)17-8-6-16-7-9-17/h2-5,10,16H,6-9H2,1H3/b11-10+. The maximum atomic E-state index is 12.1. The molecular formula is C14H17ClN2O. The van der Waals surface area contributed by atoms with Crippen molar-refractivity contribution in [1.82, 2.24) is 10.2 Å². The normalized spacial score (nSPS) is 16.8. The van der Waals surface area contributed by atoms with Crippen molar-refractivity contribution in [3.63, 3.8) is 0 Å². The Kier molecular flexibility index (Phi) is 4.39. The van der Waals surface area contributed by atoms with Crippen molar-refractivity contribution in [2.75, 3.05) is 26.2 Å². The highest BCUT2D eigenvalue weighted by molar-refractivity contribution is 6.32. The first-order valence-electron chi connectivity index (χ1n) is 6.11. The van der Waals surface area contributed by atoms with Crippen molar-refractivity contribution in [3.8, 4) is 0 Å². The minimum absolute atomic E-state index is 0.0638. The summed E-state index contributed by atoms with van der Waals surface area (Å²) < 4.78 is 0. The van der Waals surface area contributed by atoms with E-state index in [4.69, 9.17) is 11.6 Å². The van der Waals surface area contributed by atoms with Crippen molar-refractivity contribution in [2.45, 2.75) is 6.92 Å². The van der Waals surface area contributed by atoms with E-state index in [1.165, 1.54) is 0 Å². The van der Waals surface area contributed by atoms with Crippen LogP contribution in [-0.4, -0.2) is 37.0 Å². The summed E-state index contributed by atoms with van der Waals surface area (Å²) in [6.07, 6.45) is 1.67. The molecule has 0 atom stereocenters. The van der Waals surface area contributed by atoms with Gasteiger partial charge in [-0.15, -0.1) is 0 Å². The number of halogens is 1. The van der Waals surface area contributed by atoms with E-state index in [0.717, 1.165) is 37.3 Å². The van der Waals surface area contributed by atoms with Crippen LogP contribution in [-0.2, 0) is 4.79 Å². The van der Waals surface area contributed by atoms with E-state index in [2.05, 4.69) is 5.32 Å². The van der Waals surface area contributed by atoms with Crippen LogP contribution in [0.5, 0.6) is 0 Å². The number of amides is 1. The van der Waals surface area contributed by atoms with E-state index in [9.17, 15) is 4.79 Å². The number of hydrogen-bond donors (Lipinski definition) is 1. The van der Waals surface area contributed by atoms with E-state index in [-0.39, 0.29) is 5.91 Å². The summed E-state index contributed by atoms with van der Waals surface area (Å²) in [4.78, 5) is 13.9. The van der Waals surface area contributed by atoms with Crippen LogP contribution in [0.25, 0.3) is 5.57 Å². The molecule has 0 spiro atoms. The van der Waals surface area contributed by atoms with Crippen molar-refractivity contribution < 1.29 is 4.79 Å². The van der Waals surface area contributed by atoms with E-state index in [0.29, 0.717) is 5.02 Å². The first-order chi connectivity index (χ1) is 8.68. The predicted octanol–water partition coefficient (Wildman–Crippen LogP) is 2.18. The number of allylic oxidation sites excluding steroid dienone is 1. The largest absolute Gasteiger partial charge is 0.337 e. The molecule has 0 radical (unpaired) electrons. The van der Waals surface area contributed by atoms with E-state index >= 15 is 0 Å². The molecule has 2 rings (SSSR count). The molecule has 0 aliphatic carbocycles. The maximum absolute atomic E-state index is 12.1. The second kappa shape index (κ2) is 6.03. The van der Waals surface area contributed by atoms with Crippen LogP contribution in [0.3, 0.4) is 0 Å². The fourth-order valence-electron chi connectivity index (χ4n) is 2.02. The number of nitrogens with zero attached hydrogens (tertiary/aromatic N) is 1. The first-order valence-corrected chi connectivity index (χ1v) is 6.49. The number of hydrogen-bond acceptors (Lipinski definition) is 2. The smallest absolute Gasteiger partial charge is 0.246 e. The predicted molar refractivity (Wildman–Crippen MR) is 74.6 cm³/mol. The van der Waals surface area contributed by atoms with E-state index in [1.807, 2.05) is 36.1 Å². The fourth-order valence-corrected chi connectivity index (χ4v) is 2.31. The van der Waals surface area contributed by atoms with Crippen LogP contribution in [0.2, 0.25) is 5.02 Å². The second-order valence-electron chi connectivity index (χ2n) is 4.38. The molecule has 1 fully saturated rings. The monoisotopic (exact) mass is 264 g/mol. The summed E-state index contributed by atoms with van der Waals surface area (Å²) in [6, 6.07) is 7.58. The number of rotatable bonds is 2. The third-order valence-electron chi connectivity index (χ3n) is 3.07. The van der Waals surface area contributed by atoms with Gasteiger partial charge < -0.3 is 10.2 Å². The molecule has 1 N–H and O–H groups in total. The number of carbonyl (C=O) groups is 1. The molecule has 3 nitrogen and oxygen atoms in total. The Morgan fingerprint density at radius 3 is 2.67 bits per heavy atom. The molecule has 4 heteroatoms. The van der Waals surface area contributed by atoms with Crippen molar-refractivity contribution in [1.29, 1.82) is 0 Å². The molecule has 0 bridgehead atoms. The highest BCUT2D eigenvalue weighted by Crippen LogP contribution is 2.23. The SMILES string of the molecule is C/C(=C\C(=O)N1CCNCC1)c1ccccc1Cl. The topological polar surface area (TPSA) is 32.3 Å². The van der Waals surface area contributed by atoms with Gasteiger partial charge in [-0.25, -0.2) is 0 Å². The van der Waals surface area contributed by atoms with Crippen molar-refractivity contribution >= 4 is 23.1 Å². The Balaban J connectivity index is 2.12. The molecule has 96 valence electrons. The minimum Gasteiger partial charge on any atom is -0.337 e. The van der Waals surface area contributed by atoms with Crippen LogP contribution < -0.4 is 5.32 Å². The number of carbonyl (C=O) groups excluding carboxylic acids is 1. The fraction of sp³-hybridized carbons (Fsp3) is 0.357. The molecular weight excluding hydrogens is 248 g/mol. The molecule has 0 aromatic heterocycles. The lowest BCUT2D eigenvalue weighted by atomic mass is 10.1. The lowest BCUT2D eigenvalue weighted by Crippen LogP contribution is -2.45. The Hall–Kier alpha value is -1.32. The molecule has 1 amide bonds.